The monoisotopic (exact) mass is 364 g/mol. The molecule has 0 N–H and O–H groups in total. The second-order valence-corrected chi connectivity index (χ2v) is 6.05. The molecule has 108 valence electrons. The lowest BCUT2D eigenvalue weighted by molar-refractivity contribution is 0.690. The van der Waals surface area contributed by atoms with Crippen molar-refractivity contribution in [2.24, 2.45) is 0 Å². The van der Waals surface area contributed by atoms with Gasteiger partial charge in [0.25, 0.3) is 0 Å². The molecule has 0 fully saturated rings. The summed E-state index contributed by atoms with van der Waals surface area (Å²) in [6, 6.07) is 15.5. The van der Waals surface area contributed by atoms with Gasteiger partial charge in [-0.25, -0.2) is 4.79 Å². The van der Waals surface area contributed by atoms with Crippen molar-refractivity contribution < 1.29 is 0 Å². The van der Waals surface area contributed by atoms with Gasteiger partial charge in [0.05, 0.1) is 17.6 Å². The van der Waals surface area contributed by atoms with Gasteiger partial charge in [-0.2, -0.15) is 0 Å². The predicted molar refractivity (Wildman–Crippen MR) is 90.5 cm³/mol. The van der Waals surface area contributed by atoms with Gasteiger partial charge in [0, 0.05) is 16.9 Å². The molecular weight excluding hydrogens is 352 g/mol. The fourth-order valence-corrected chi connectivity index (χ4v) is 2.98. The van der Waals surface area contributed by atoms with Gasteiger partial charge in [-0.3, -0.25) is 9.13 Å². The van der Waals surface area contributed by atoms with E-state index in [0.717, 1.165) is 21.9 Å². The van der Waals surface area contributed by atoms with Gasteiger partial charge in [0.1, 0.15) is 0 Å². The molecule has 0 unspecified atom stereocenters. The van der Waals surface area contributed by atoms with E-state index in [4.69, 9.17) is 11.6 Å². The van der Waals surface area contributed by atoms with Gasteiger partial charge in [0.15, 0.2) is 0 Å². The topological polar surface area (TPSA) is 26.9 Å². The first-order valence-electron chi connectivity index (χ1n) is 6.69. The molecule has 0 bridgehead atoms. The Labute approximate surface area is 135 Å². The average Bonchev–Trinajstić information content (AvgIpc) is 2.76. The summed E-state index contributed by atoms with van der Waals surface area (Å²) in [5.41, 5.74) is 3.00. The molecule has 5 heteroatoms. The van der Waals surface area contributed by atoms with Gasteiger partial charge < -0.3 is 0 Å². The van der Waals surface area contributed by atoms with Crippen molar-refractivity contribution in [1.29, 1.82) is 0 Å². The lowest BCUT2D eigenvalue weighted by Crippen LogP contribution is -2.25. The highest BCUT2D eigenvalue weighted by atomic mass is 79.9. The molecule has 3 aromatic rings. The zero-order valence-corrected chi connectivity index (χ0v) is 13.6. The maximum atomic E-state index is 12.6. The minimum Gasteiger partial charge on any atom is -0.291 e. The van der Waals surface area contributed by atoms with Crippen molar-refractivity contribution in [2.75, 3.05) is 5.33 Å². The molecule has 0 aliphatic rings. The van der Waals surface area contributed by atoms with Crippen LogP contribution in [0.5, 0.6) is 0 Å². The van der Waals surface area contributed by atoms with Crippen LogP contribution in [0.25, 0.3) is 11.0 Å². The number of aryl methyl sites for hydroxylation is 1. The molecule has 0 radical (unpaired) electrons. The number of fused-ring (bicyclic) bond motifs is 1. The number of hydrogen-bond acceptors (Lipinski definition) is 1. The number of imidazole rings is 1. The van der Waals surface area contributed by atoms with Crippen LogP contribution in [0.2, 0.25) is 5.02 Å². The molecule has 0 saturated carbocycles. The number of halogens is 2. The highest BCUT2D eigenvalue weighted by molar-refractivity contribution is 9.09. The quantitative estimate of drug-likeness (QED) is 0.644. The van der Waals surface area contributed by atoms with Crippen LogP contribution in [-0.2, 0) is 13.1 Å². The Hall–Kier alpha value is -1.52. The second kappa shape index (κ2) is 6.08. The summed E-state index contributed by atoms with van der Waals surface area (Å²) in [6.45, 7) is 1.21. The molecule has 1 aromatic heterocycles. The maximum Gasteiger partial charge on any atom is 0.329 e. The molecule has 0 amide bonds. The molecule has 1 heterocycles. The fourth-order valence-electron chi connectivity index (χ4n) is 2.50. The number of para-hydroxylation sites is 2. The Morgan fingerprint density at radius 1 is 0.952 bits per heavy atom. The number of rotatable bonds is 4. The van der Waals surface area contributed by atoms with Crippen molar-refractivity contribution in [3.63, 3.8) is 0 Å². The molecule has 0 spiro atoms. The zero-order chi connectivity index (χ0) is 14.8. The van der Waals surface area contributed by atoms with Gasteiger partial charge in [-0.1, -0.05) is 51.8 Å². The molecule has 2 aromatic carbocycles. The van der Waals surface area contributed by atoms with E-state index in [1.54, 1.807) is 9.13 Å². The van der Waals surface area contributed by atoms with Crippen LogP contribution in [-0.4, -0.2) is 14.5 Å². The Morgan fingerprint density at radius 2 is 1.57 bits per heavy atom. The summed E-state index contributed by atoms with van der Waals surface area (Å²) in [6.07, 6.45) is 0. The van der Waals surface area contributed by atoms with E-state index in [1.165, 1.54) is 0 Å². The zero-order valence-electron chi connectivity index (χ0n) is 11.3. The van der Waals surface area contributed by atoms with Gasteiger partial charge >= 0.3 is 5.69 Å². The smallest absolute Gasteiger partial charge is 0.291 e. The standard InChI is InChI=1S/C16H14BrClN2O/c17-9-10-19-14-3-1-2-4-15(14)20(16(19)21)11-12-5-7-13(18)8-6-12/h1-8H,9-11H2. The third-order valence-electron chi connectivity index (χ3n) is 3.49. The number of hydrogen-bond donors (Lipinski definition) is 0. The first-order valence-corrected chi connectivity index (χ1v) is 8.19. The summed E-state index contributed by atoms with van der Waals surface area (Å²) >= 11 is 9.31. The minimum atomic E-state index is 0.0191. The van der Waals surface area contributed by atoms with E-state index in [2.05, 4.69) is 15.9 Å². The van der Waals surface area contributed by atoms with E-state index in [-0.39, 0.29) is 5.69 Å². The number of alkyl halides is 1. The first kappa shape index (κ1) is 14.4. The predicted octanol–water partition coefficient (Wildman–Crippen LogP) is 3.90. The van der Waals surface area contributed by atoms with E-state index in [9.17, 15) is 4.79 Å². The number of benzene rings is 2. The Bertz CT molecular complexity index is 820. The Balaban J connectivity index is 2.11. The summed E-state index contributed by atoms with van der Waals surface area (Å²) in [4.78, 5) is 12.6. The number of aromatic nitrogens is 2. The third kappa shape index (κ3) is 2.78. The molecule has 0 saturated heterocycles. The lowest BCUT2D eigenvalue weighted by atomic mass is 10.2. The molecule has 3 rings (SSSR count). The van der Waals surface area contributed by atoms with Crippen LogP contribution in [0.4, 0.5) is 0 Å². The Kier molecular flexibility index (Phi) is 4.17. The van der Waals surface area contributed by atoms with Crippen molar-refractivity contribution >= 4 is 38.6 Å². The molecule has 21 heavy (non-hydrogen) atoms. The average molecular weight is 366 g/mol. The summed E-state index contributed by atoms with van der Waals surface area (Å²) in [5.74, 6) is 0. The maximum absolute atomic E-state index is 12.6. The fraction of sp³-hybridized carbons (Fsp3) is 0.188. The SMILES string of the molecule is O=c1n(CCBr)c2ccccc2n1Cc1ccc(Cl)cc1. The number of nitrogens with zero attached hydrogens (tertiary/aromatic N) is 2. The van der Waals surface area contributed by atoms with Gasteiger partial charge in [-0.05, 0) is 29.8 Å². The van der Waals surface area contributed by atoms with E-state index in [0.29, 0.717) is 18.1 Å². The molecular formula is C16H14BrClN2O. The van der Waals surface area contributed by atoms with E-state index in [1.807, 2.05) is 48.5 Å². The summed E-state index contributed by atoms with van der Waals surface area (Å²) in [5, 5.41) is 1.45. The van der Waals surface area contributed by atoms with Crippen LogP contribution in [0.1, 0.15) is 5.56 Å². The lowest BCUT2D eigenvalue weighted by Gasteiger charge is -2.03. The van der Waals surface area contributed by atoms with Crippen molar-refractivity contribution in [3.8, 4) is 0 Å². The Morgan fingerprint density at radius 3 is 2.19 bits per heavy atom. The molecule has 0 aliphatic carbocycles. The van der Waals surface area contributed by atoms with Crippen molar-refractivity contribution in [3.05, 3.63) is 69.6 Å². The molecule has 0 atom stereocenters. The normalized spacial score (nSPS) is 11.1. The van der Waals surface area contributed by atoms with E-state index < -0.39 is 0 Å². The van der Waals surface area contributed by atoms with Crippen LogP contribution in [0, 0.1) is 0 Å². The summed E-state index contributed by atoms with van der Waals surface area (Å²) < 4.78 is 3.61. The molecule has 0 aliphatic heterocycles. The molecule has 3 nitrogen and oxygen atoms in total. The first-order chi connectivity index (χ1) is 10.2. The highest BCUT2D eigenvalue weighted by Gasteiger charge is 2.12. The second-order valence-electron chi connectivity index (χ2n) is 4.82. The highest BCUT2D eigenvalue weighted by Crippen LogP contribution is 2.16. The van der Waals surface area contributed by atoms with Gasteiger partial charge in [-0.15, -0.1) is 0 Å². The largest absolute Gasteiger partial charge is 0.329 e. The van der Waals surface area contributed by atoms with Crippen LogP contribution in [0.15, 0.2) is 53.3 Å². The minimum absolute atomic E-state index is 0.0191. The van der Waals surface area contributed by atoms with Gasteiger partial charge in [0.2, 0.25) is 0 Å². The van der Waals surface area contributed by atoms with Crippen LogP contribution >= 0.6 is 27.5 Å². The third-order valence-corrected chi connectivity index (χ3v) is 4.09. The van der Waals surface area contributed by atoms with Crippen LogP contribution in [0.3, 0.4) is 0 Å². The van der Waals surface area contributed by atoms with Crippen molar-refractivity contribution in [1.82, 2.24) is 9.13 Å². The summed E-state index contributed by atoms with van der Waals surface area (Å²) in [7, 11) is 0. The van der Waals surface area contributed by atoms with Crippen molar-refractivity contribution in [2.45, 2.75) is 13.1 Å². The van der Waals surface area contributed by atoms with Crippen LogP contribution < -0.4 is 5.69 Å². The van der Waals surface area contributed by atoms with E-state index >= 15 is 0 Å².